The van der Waals surface area contributed by atoms with Gasteiger partial charge in [-0.1, -0.05) is 18.2 Å². The van der Waals surface area contributed by atoms with Crippen LogP contribution in [0, 0.1) is 6.92 Å². The van der Waals surface area contributed by atoms with Crippen molar-refractivity contribution in [1.29, 1.82) is 0 Å². The van der Waals surface area contributed by atoms with Gasteiger partial charge in [0, 0.05) is 38.8 Å². The number of amides is 1. The maximum atomic E-state index is 12.6. The Bertz CT molecular complexity index is 1440. The van der Waals surface area contributed by atoms with Crippen molar-refractivity contribution in [3.63, 3.8) is 0 Å². The molecule has 1 aromatic carbocycles. The number of aromatic nitrogens is 3. The predicted molar refractivity (Wildman–Crippen MR) is 141 cm³/mol. The van der Waals surface area contributed by atoms with Crippen LogP contribution >= 0.6 is 0 Å². The van der Waals surface area contributed by atoms with Crippen LogP contribution in [-0.4, -0.2) is 71.6 Å². The van der Waals surface area contributed by atoms with E-state index in [4.69, 9.17) is 0 Å². The molecule has 0 spiro atoms. The van der Waals surface area contributed by atoms with E-state index in [0.717, 1.165) is 13.0 Å². The summed E-state index contributed by atoms with van der Waals surface area (Å²) in [4.78, 5) is 37.1. The Labute approximate surface area is 219 Å². The monoisotopic (exact) mass is 542 g/mol. The standard InChI is InChI=1S/C24H30N8O5S/c1-16-28-21(27-15-19(23(34)35)31-38(36,37)17-7-3-2-4-8-17)18-10-14-32(22(18)29-16)13-5-9-20(33)30-24-25-11-6-12-26-24/h2-4,7-8,10,14,19,31H,5-6,9,11-13,15H2,1H3,(H,34,35)(H,27,28,29)(H2,25,26,30,33)/t19-/m0/s1. The molecule has 0 saturated heterocycles. The Balaban J connectivity index is 1.40. The third kappa shape index (κ3) is 6.83. The molecule has 2 aromatic heterocycles. The van der Waals surface area contributed by atoms with Crippen LogP contribution in [0.2, 0.25) is 0 Å². The lowest BCUT2D eigenvalue weighted by molar-refractivity contribution is -0.138. The summed E-state index contributed by atoms with van der Waals surface area (Å²) >= 11 is 0. The van der Waals surface area contributed by atoms with Gasteiger partial charge < -0.3 is 20.3 Å². The summed E-state index contributed by atoms with van der Waals surface area (Å²) in [7, 11) is -4.03. The van der Waals surface area contributed by atoms with Crippen molar-refractivity contribution < 1.29 is 23.1 Å². The van der Waals surface area contributed by atoms with E-state index in [-0.39, 0.29) is 17.3 Å². The minimum Gasteiger partial charge on any atom is -0.480 e. The van der Waals surface area contributed by atoms with Gasteiger partial charge in [0.25, 0.3) is 0 Å². The average Bonchev–Trinajstić information content (AvgIpc) is 3.30. The summed E-state index contributed by atoms with van der Waals surface area (Å²) in [5.41, 5.74) is 0.621. The molecule has 1 atom stereocenters. The van der Waals surface area contributed by atoms with Gasteiger partial charge in [0.15, 0.2) is 5.96 Å². The zero-order valence-corrected chi connectivity index (χ0v) is 21.7. The van der Waals surface area contributed by atoms with Crippen LogP contribution in [0.4, 0.5) is 5.82 Å². The van der Waals surface area contributed by atoms with Gasteiger partial charge in [-0.3, -0.25) is 19.9 Å². The van der Waals surface area contributed by atoms with Crippen molar-refractivity contribution in [2.45, 2.75) is 43.7 Å². The van der Waals surface area contributed by atoms with Crippen LogP contribution in [0.1, 0.15) is 25.1 Å². The van der Waals surface area contributed by atoms with Gasteiger partial charge in [-0.25, -0.2) is 18.4 Å². The first-order valence-electron chi connectivity index (χ1n) is 12.2. The molecule has 5 N–H and O–H groups in total. The molecular weight excluding hydrogens is 512 g/mol. The van der Waals surface area contributed by atoms with E-state index in [1.165, 1.54) is 12.1 Å². The number of fused-ring (bicyclic) bond motifs is 1. The quantitative estimate of drug-likeness (QED) is 0.234. The number of aliphatic carboxylic acids is 1. The summed E-state index contributed by atoms with van der Waals surface area (Å²) < 4.78 is 29.4. The number of rotatable bonds is 11. The molecule has 0 radical (unpaired) electrons. The van der Waals surface area contributed by atoms with Crippen molar-refractivity contribution in [2.75, 3.05) is 25.0 Å². The largest absolute Gasteiger partial charge is 0.480 e. The fraction of sp³-hybridized carbons (Fsp3) is 0.375. The second kappa shape index (κ2) is 12.0. The first-order valence-corrected chi connectivity index (χ1v) is 13.7. The topological polar surface area (TPSA) is 180 Å². The van der Waals surface area contributed by atoms with Gasteiger partial charge in [-0.2, -0.15) is 4.72 Å². The zero-order valence-electron chi connectivity index (χ0n) is 20.8. The molecule has 0 unspecified atom stereocenters. The van der Waals surface area contributed by atoms with E-state index in [9.17, 15) is 23.1 Å². The minimum atomic E-state index is -4.03. The van der Waals surface area contributed by atoms with Gasteiger partial charge >= 0.3 is 5.97 Å². The van der Waals surface area contributed by atoms with Gasteiger partial charge in [0.1, 0.15) is 23.3 Å². The number of nitrogens with zero attached hydrogens (tertiary/aromatic N) is 4. The molecule has 3 heterocycles. The maximum Gasteiger partial charge on any atom is 0.323 e. The SMILES string of the molecule is Cc1nc(NC[C@H](NS(=O)(=O)c2ccccc2)C(=O)O)c2ccn(CCCC(=O)NC3=NCCCN3)c2n1. The molecule has 4 rings (SSSR count). The molecular formula is C24H30N8O5S. The molecule has 3 aromatic rings. The van der Waals surface area contributed by atoms with Gasteiger partial charge in [0.2, 0.25) is 15.9 Å². The minimum absolute atomic E-state index is 0.0275. The lowest BCUT2D eigenvalue weighted by Gasteiger charge is -2.16. The number of aliphatic imine (C=N–C) groups is 1. The van der Waals surface area contributed by atoms with Crippen LogP contribution in [0.15, 0.2) is 52.5 Å². The van der Waals surface area contributed by atoms with Crippen molar-refractivity contribution in [3.05, 3.63) is 48.4 Å². The number of carboxylic acid groups (broad SMARTS) is 1. The molecule has 14 heteroatoms. The fourth-order valence-electron chi connectivity index (χ4n) is 3.94. The average molecular weight is 543 g/mol. The van der Waals surface area contributed by atoms with E-state index in [1.54, 1.807) is 31.2 Å². The fourth-order valence-corrected chi connectivity index (χ4v) is 5.15. The molecule has 0 fully saturated rings. The van der Waals surface area contributed by atoms with Gasteiger partial charge in [0.05, 0.1) is 10.3 Å². The summed E-state index contributed by atoms with van der Waals surface area (Å²) in [6.45, 7) is 3.48. The molecule has 1 aliphatic rings. The highest BCUT2D eigenvalue weighted by Gasteiger charge is 2.26. The van der Waals surface area contributed by atoms with Crippen LogP contribution < -0.4 is 20.7 Å². The molecule has 0 bridgehead atoms. The Morgan fingerprint density at radius 2 is 1.97 bits per heavy atom. The van der Waals surface area contributed by atoms with Crippen LogP contribution in [0.5, 0.6) is 0 Å². The van der Waals surface area contributed by atoms with Crippen molar-refractivity contribution in [3.8, 4) is 0 Å². The summed E-state index contributed by atoms with van der Waals surface area (Å²) in [5.74, 6) is -0.103. The van der Waals surface area contributed by atoms with E-state index in [1.807, 2.05) is 10.8 Å². The van der Waals surface area contributed by atoms with E-state index in [0.29, 0.717) is 54.6 Å². The Morgan fingerprint density at radius 3 is 2.68 bits per heavy atom. The smallest absolute Gasteiger partial charge is 0.323 e. The predicted octanol–water partition coefficient (Wildman–Crippen LogP) is 0.829. The Hall–Kier alpha value is -4.04. The Morgan fingerprint density at radius 1 is 1.18 bits per heavy atom. The van der Waals surface area contributed by atoms with E-state index >= 15 is 0 Å². The molecule has 0 saturated carbocycles. The number of hydrogen-bond donors (Lipinski definition) is 5. The highest BCUT2D eigenvalue weighted by molar-refractivity contribution is 7.89. The van der Waals surface area contributed by atoms with E-state index < -0.39 is 22.0 Å². The number of carboxylic acids is 1. The Kier molecular flexibility index (Phi) is 8.53. The molecule has 1 amide bonds. The lowest BCUT2D eigenvalue weighted by atomic mass is 10.3. The van der Waals surface area contributed by atoms with Crippen molar-refractivity contribution in [1.82, 2.24) is 29.9 Å². The van der Waals surface area contributed by atoms with Crippen LogP contribution in [0.3, 0.4) is 0 Å². The summed E-state index contributed by atoms with van der Waals surface area (Å²) in [6, 6.07) is 7.92. The maximum absolute atomic E-state index is 12.6. The second-order valence-corrected chi connectivity index (χ2v) is 10.4. The number of hydrogen-bond acceptors (Lipinski definition) is 9. The normalized spacial score (nSPS) is 14.4. The molecule has 0 aliphatic carbocycles. The van der Waals surface area contributed by atoms with Crippen molar-refractivity contribution in [2.24, 2.45) is 4.99 Å². The molecule has 202 valence electrons. The number of nitrogens with one attached hydrogen (secondary N) is 4. The number of aryl methyl sites for hydroxylation is 2. The summed E-state index contributed by atoms with van der Waals surface area (Å²) in [6.07, 6.45) is 3.63. The highest BCUT2D eigenvalue weighted by atomic mass is 32.2. The van der Waals surface area contributed by atoms with Crippen LogP contribution in [-0.2, 0) is 26.2 Å². The van der Waals surface area contributed by atoms with E-state index in [2.05, 4.69) is 35.6 Å². The molecule has 38 heavy (non-hydrogen) atoms. The number of sulfonamides is 1. The number of guanidine groups is 1. The number of anilines is 1. The number of carbonyl (C=O) groups is 2. The zero-order chi connectivity index (χ0) is 27.1. The third-order valence-corrected chi connectivity index (χ3v) is 7.30. The highest BCUT2D eigenvalue weighted by Crippen LogP contribution is 2.22. The number of benzene rings is 1. The molecule has 1 aliphatic heterocycles. The first kappa shape index (κ1) is 27.0. The second-order valence-electron chi connectivity index (χ2n) is 8.73. The molecule has 13 nitrogen and oxygen atoms in total. The van der Waals surface area contributed by atoms with Crippen molar-refractivity contribution >= 4 is 44.7 Å². The number of carbonyl (C=O) groups excluding carboxylic acids is 1. The van der Waals surface area contributed by atoms with Crippen LogP contribution in [0.25, 0.3) is 11.0 Å². The third-order valence-electron chi connectivity index (χ3n) is 5.81. The van der Waals surface area contributed by atoms with Gasteiger partial charge in [-0.05, 0) is 38.0 Å². The lowest BCUT2D eigenvalue weighted by Crippen LogP contribution is -2.45. The first-order chi connectivity index (χ1) is 18.2. The van der Waals surface area contributed by atoms with Gasteiger partial charge in [-0.15, -0.1) is 0 Å². The summed E-state index contributed by atoms with van der Waals surface area (Å²) in [5, 5.41) is 19.1.